The van der Waals surface area contributed by atoms with Crippen LogP contribution in [0.25, 0.3) is 0 Å². The number of hydrogen-bond donors (Lipinski definition) is 2. The van der Waals surface area contributed by atoms with Gasteiger partial charge in [-0.25, -0.2) is 13.2 Å². The molecule has 0 radical (unpaired) electrons. The first-order valence-electron chi connectivity index (χ1n) is 12.2. The maximum atomic E-state index is 14.4. The number of fused-ring (bicyclic) bond motifs is 1. The summed E-state index contributed by atoms with van der Waals surface area (Å²) >= 11 is 0. The maximum absolute atomic E-state index is 14.4. The van der Waals surface area contributed by atoms with E-state index in [0.29, 0.717) is 6.07 Å². The van der Waals surface area contributed by atoms with Gasteiger partial charge in [0.05, 0.1) is 6.54 Å². The van der Waals surface area contributed by atoms with Crippen molar-refractivity contribution in [3.63, 3.8) is 0 Å². The molecule has 0 saturated carbocycles. The van der Waals surface area contributed by atoms with Crippen LogP contribution in [0.2, 0.25) is 0 Å². The highest BCUT2D eigenvalue weighted by Crippen LogP contribution is 2.29. The largest absolute Gasteiger partial charge is 0.481 e. The molecule has 3 aromatic rings. The molecule has 1 aliphatic rings. The van der Waals surface area contributed by atoms with Gasteiger partial charge in [0.2, 0.25) is 11.7 Å². The van der Waals surface area contributed by atoms with Gasteiger partial charge in [-0.1, -0.05) is 30.3 Å². The summed E-state index contributed by atoms with van der Waals surface area (Å²) in [6, 6.07) is 9.51. The highest BCUT2D eigenvalue weighted by Gasteiger charge is 2.40. The molecule has 0 bridgehead atoms. The summed E-state index contributed by atoms with van der Waals surface area (Å²) in [5.74, 6) is -5.80. The Balaban J connectivity index is 0.00000103. The Morgan fingerprint density at radius 3 is 2.27 bits per heavy atom. The average Bonchev–Trinajstić information content (AvgIpc) is 3.31. The molecule has 216 valence electrons. The van der Waals surface area contributed by atoms with Crippen LogP contribution in [0.1, 0.15) is 49.1 Å². The highest BCUT2D eigenvalue weighted by atomic mass is 19.4. The third-order valence-electron chi connectivity index (χ3n) is 6.12. The molecular formula is C26H27F6N5O3. The second kappa shape index (κ2) is 12.9. The lowest BCUT2D eigenvalue weighted by molar-refractivity contribution is -0.148. The number of halogens is 6. The Morgan fingerprint density at radius 2 is 1.65 bits per heavy atom. The Labute approximate surface area is 225 Å². The molecule has 40 heavy (non-hydrogen) atoms. The number of alkyl halides is 3. The summed E-state index contributed by atoms with van der Waals surface area (Å²) < 4.78 is 81.8. The molecule has 14 heteroatoms. The molecule has 0 saturated heterocycles. The molecule has 2 heterocycles. The van der Waals surface area contributed by atoms with Crippen molar-refractivity contribution in [3.8, 4) is 0 Å². The van der Waals surface area contributed by atoms with E-state index in [1.54, 1.807) is 0 Å². The van der Waals surface area contributed by atoms with Gasteiger partial charge in [0.15, 0.2) is 17.5 Å². The van der Waals surface area contributed by atoms with Crippen LogP contribution >= 0.6 is 0 Å². The zero-order valence-electron chi connectivity index (χ0n) is 21.6. The number of carboxylic acids is 1. The Kier molecular flexibility index (Phi) is 9.90. The van der Waals surface area contributed by atoms with Crippen LogP contribution in [0.5, 0.6) is 0 Å². The molecule has 0 fully saturated rings. The monoisotopic (exact) mass is 571 g/mol. The fourth-order valence-electron chi connectivity index (χ4n) is 4.29. The maximum Gasteiger partial charge on any atom is 0.451 e. The molecule has 0 aliphatic carbocycles. The SMILES string of the molecule is CC(=O)O.CC(NC(CC(=O)N1CCn2c(nnc2C(F)(F)F)C1)Cc1cc(F)c(F)cc1F)c1ccccc1. The van der Waals surface area contributed by atoms with Crippen molar-refractivity contribution in [1.29, 1.82) is 0 Å². The summed E-state index contributed by atoms with van der Waals surface area (Å²) in [7, 11) is 0. The second-order valence-corrected chi connectivity index (χ2v) is 9.19. The first-order valence-corrected chi connectivity index (χ1v) is 12.2. The molecule has 2 unspecified atom stereocenters. The topological polar surface area (TPSA) is 100 Å². The summed E-state index contributed by atoms with van der Waals surface area (Å²) in [4.78, 5) is 23.5. The molecule has 4 rings (SSSR count). The minimum Gasteiger partial charge on any atom is -0.481 e. The summed E-state index contributed by atoms with van der Waals surface area (Å²) in [5, 5.41) is 17.4. The number of aromatic nitrogens is 3. The Bertz CT molecular complexity index is 1330. The van der Waals surface area contributed by atoms with Gasteiger partial charge in [-0.2, -0.15) is 13.2 Å². The molecule has 8 nitrogen and oxygen atoms in total. The number of nitrogens with one attached hydrogen (secondary N) is 1. The number of carboxylic acid groups (broad SMARTS) is 1. The third kappa shape index (κ3) is 8.04. The van der Waals surface area contributed by atoms with E-state index in [1.807, 2.05) is 37.3 Å². The second-order valence-electron chi connectivity index (χ2n) is 9.19. The molecule has 1 amide bonds. The quantitative estimate of drug-likeness (QED) is 0.320. The van der Waals surface area contributed by atoms with Crippen molar-refractivity contribution in [2.45, 2.75) is 58.0 Å². The van der Waals surface area contributed by atoms with Gasteiger partial charge in [-0.05, 0) is 30.5 Å². The molecule has 2 aromatic carbocycles. The van der Waals surface area contributed by atoms with Crippen molar-refractivity contribution < 1.29 is 41.0 Å². The fourth-order valence-corrected chi connectivity index (χ4v) is 4.29. The normalized spacial score (nSPS) is 14.6. The van der Waals surface area contributed by atoms with E-state index in [0.717, 1.165) is 23.1 Å². The molecule has 1 aliphatic heterocycles. The molecule has 2 N–H and O–H groups in total. The van der Waals surface area contributed by atoms with Crippen molar-refractivity contribution in [2.24, 2.45) is 0 Å². The molecular weight excluding hydrogens is 544 g/mol. The van der Waals surface area contributed by atoms with Gasteiger partial charge in [0, 0.05) is 44.6 Å². The van der Waals surface area contributed by atoms with Crippen LogP contribution in [0, 0.1) is 17.5 Å². The number of rotatable bonds is 7. The van der Waals surface area contributed by atoms with E-state index in [2.05, 4.69) is 15.5 Å². The highest BCUT2D eigenvalue weighted by molar-refractivity contribution is 5.77. The molecule has 1 aromatic heterocycles. The van der Waals surface area contributed by atoms with Crippen LogP contribution in [0.3, 0.4) is 0 Å². The van der Waals surface area contributed by atoms with E-state index in [4.69, 9.17) is 9.90 Å². The van der Waals surface area contributed by atoms with Crippen molar-refractivity contribution >= 4 is 11.9 Å². The lowest BCUT2D eigenvalue weighted by atomic mass is 9.99. The minimum absolute atomic E-state index is 0.00739. The van der Waals surface area contributed by atoms with E-state index in [-0.39, 0.29) is 49.9 Å². The number of hydrogen-bond acceptors (Lipinski definition) is 5. The Hall–Kier alpha value is -3.94. The van der Waals surface area contributed by atoms with Gasteiger partial charge in [-0.3, -0.25) is 9.59 Å². The number of nitrogens with zero attached hydrogens (tertiary/aromatic N) is 4. The van der Waals surface area contributed by atoms with Gasteiger partial charge in [-0.15, -0.1) is 10.2 Å². The van der Waals surface area contributed by atoms with Crippen molar-refractivity contribution in [2.75, 3.05) is 6.54 Å². The van der Waals surface area contributed by atoms with Crippen LogP contribution in [0.4, 0.5) is 26.3 Å². The Morgan fingerprint density at radius 1 is 1.02 bits per heavy atom. The zero-order chi connectivity index (χ0) is 29.6. The van der Waals surface area contributed by atoms with Crippen LogP contribution in [0.15, 0.2) is 42.5 Å². The third-order valence-corrected chi connectivity index (χ3v) is 6.12. The first kappa shape index (κ1) is 30.6. The van der Waals surface area contributed by atoms with Crippen molar-refractivity contribution in [3.05, 3.63) is 82.7 Å². The minimum atomic E-state index is -4.66. The van der Waals surface area contributed by atoms with Gasteiger partial charge >= 0.3 is 6.18 Å². The lowest BCUT2D eigenvalue weighted by Gasteiger charge is -2.30. The number of aliphatic carboxylic acids is 1. The average molecular weight is 572 g/mol. The zero-order valence-corrected chi connectivity index (χ0v) is 21.6. The number of carbonyl (C=O) groups is 2. The predicted octanol–water partition coefficient (Wildman–Crippen LogP) is 4.50. The first-order chi connectivity index (χ1) is 18.8. The van der Waals surface area contributed by atoms with E-state index >= 15 is 0 Å². The number of carbonyl (C=O) groups excluding carboxylic acids is 1. The smallest absolute Gasteiger partial charge is 0.451 e. The van der Waals surface area contributed by atoms with E-state index < -0.39 is 47.4 Å². The summed E-state index contributed by atoms with van der Waals surface area (Å²) in [6.07, 6.45) is -4.93. The van der Waals surface area contributed by atoms with Crippen LogP contribution in [-0.4, -0.2) is 49.2 Å². The van der Waals surface area contributed by atoms with Gasteiger partial charge in [0.25, 0.3) is 5.97 Å². The number of amides is 1. The molecule has 2 atom stereocenters. The molecule has 0 spiro atoms. The van der Waals surface area contributed by atoms with E-state index in [9.17, 15) is 31.1 Å². The van der Waals surface area contributed by atoms with E-state index in [1.165, 1.54) is 4.90 Å². The van der Waals surface area contributed by atoms with Gasteiger partial charge in [0.1, 0.15) is 5.82 Å². The predicted molar refractivity (Wildman–Crippen MR) is 130 cm³/mol. The van der Waals surface area contributed by atoms with Crippen LogP contribution < -0.4 is 5.32 Å². The van der Waals surface area contributed by atoms with Crippen LogP contribution in [-0.2, 0) is 35.3 Å². The van der Waals surface area contributed by atoms with Crippen molar-refractivity contribution in [1.82, 2.24) is 25.0 Å². The number of benzene rings is 2. The fraction of sp³-hybridized carbons (Fsp3) is 0.385. The summed E-state index contributed by atoms with van der Waals surface area (Å²) in [6.45, 7) is 2.64. The lowest BCUT2D eigenvalue weighted by Crippen LogP contribution is -2.43. The standard InChI is InChI=1S/C24H23F6N5O.C2H4O2/c1-14(15-5-3-2-4-6-15)31-17(9-16-10-19(26)20(27)12-18(16)25)11-22(36)34-7-8-35-21(13-34)32-33-23(35)24(28,29)30;1-2(3)4/h2-6,10,12,14,17,31H,7-9,11,13H2,1H3;1H3,(H,3,4). The summed E-state index contributed by atoms with van der Waals surface area (Å²) in [5.41, 5.74) is 0.791. The van der Waals surface area contributed by atoms with Gasteiger partial charge < -0.3 is 19.9 Å².